The fourth-order valence-corrected chi connectivity index (χ4v) is 2.96. The van der Waals surface area contributed by atoms with Crippen LogP contribution in [0.3, 0.4) is 0 Å². The maximum absolute atomic E-state index is 12.2. The SMILES string of the molecule is CCOC1CC2(CC(=O)c3cc(C)ccc3O2)C1. The van der Waals surface area contributed by atoms with Crippen LogP contribution in [0.25, 0.3) is 0 Å². The Bertz CT molecular complexity index is 487. The molecule has 0 atom stereocenters. The Balaban J connectivity index is 1.81. The van der Waals surface area contributed by atoms with Crippen LogP contribution in [-0.2, 0) is 4.74 Å². The van der Waals surface area contributed by atoms with Gasteiger partial charge in [-0.15, -0.1) is 0 Å². The first-order valence-corrected chi connectivity index (χ1v) is 6.56. The van der Waals surface area contributed by atoms with Crippen molar-refractivity contribution in [2.24, 2.45) is 0 Å². The lowest BCUT2D eigenvalue weighted by molar-refractivity contribution is -0.123. The summed E-state index contributed by atoms with van der Waals surface area (Å²) in [4.78, 5) is 12.2. The molecule has 0 N–H and O–H groups in total. The van der Waals surface area contributed by atoms with E-state index in [0.29, 0.717) is 6.42 Å². The molecule has 1 aromatic rings. The van der Waals surface area contributed by atoms with Crippen molar-refractivity contribution in [2.75, 3.05) is 6.61 Å². The van der Waals surface area contributed by atoms with E-state index in [1.165, 1.54) is 0 Å². The molecule has 3 nitrogen and oxygen atoms in total. The highest BCUT2D eigenvalue weighted by Gasteiger charge is 2.51. The predicted octanol–water partition coefficient (Wildman–Crippen LogP) is 2.90. The fourth-order valence-electron chi connectivity index (χ4n) is 2.96. The summed E-state index contributed by atoms with van der Waals surface area (Å²) >= 11 is 0. The lowest BCUT2D eigenvalue weighted by Crippen LogP contribution is -2.55. The summed E-state index contributed by atoms with van der Waals surface area (Å²) in [5.74, 6) is 0.946. The summed E-state index contributed by atoms with van der Waals surface area (Å²) in [5, 5.41) is 0. The van der Waals surface area contributed by atoms with E-state index in [1.54, 1.807) is 0 Å². The maximum atomic E-state index is 12.2. The van der Waals surface area contributed by atoms with Crippen LogP contribution in [0, 0.1) is 6.92 Å². The van der Waals surface area contributed by atoms with E-state index < -0.39 is 0 Å². The third-order valence-corrected chi connectivity index (χ3v) is 3.85. The van der Waals surface area contributed by atoms with E-state index in [1.807, 2.05) is 32.0 Å². The molecule has 18 heavy (non-hydrogen) atoms. The van der Waals surface area contributed by atoms with Gasteiger partial charge in [-0.25, -0.2) is 0 Å². The lowest BCUT2D eigenvalue weighted by Gasteiger charge is -2.48. The van der Waals surface area contributed by atoms with Gasteiger partial charge in [-0.05, 0) is 26.0 Å². The van der Waals surface area contributed by atoms with Gasteiger partial charge in [0.05, 0.1) is 18.1 Å². The van der Waals surface area contributed by atoms with Gasteiger partial charge in [0.1, 0.15) is 11.4 Å². The number of carbonyl (C=O) groups excluding carboxylic acids is 1. The van der Waals surface area contributed by atoms with Crippen LogP contribution in [0.15, 0.2) is 18.2 Å². The molecule has 0 amide bonds. The minimum Gasteiger partial charge on any atom is -0.486 e. The number of rotatable bonds is 2. The monoisotopic (exact) mass is 246 g/mol. The van der Waals surface area contributed by atoms with Crippen molar-refractivity contribution in [3.8, 4) is 5.75 Å². The molecule has 0 radical (unpaired) electrons. The third-order valence-electron chi connectivity index (χ3n) is 3.85. The molecule has 1 heterocycles. The average Bonchev–Trinajstić information content (AvgIpc) is 2.29. The predicted molar refractivity (Wildman–Crippen MR) is 68.1 cm³/mol. The fraction of sp³-hybridized carbons (Fsp3) is 0.533. The summed E-state index contributed by atoms with van der Waals surface area (Å²) in [5.41, 5.74) is 1.54. The molecule has 3 heteroatoms. The number of Topliss-reactive ketones (excluding diaryl/α,β-unsaturated/α-hetero) is 1. The van der Waals surface area contributed by atoms with Gasteiger partial charge in [-0.1, -0.05) is 11.6 Å². The zero-order valence-corrected chi connectivity index (χ0v) is 10.9. The first-order chi connectivity index (χ1) is 8.62. The van der Waals surface area contributed by atoms with E-state index >= 15 is 0 Å². The quantitative estimate of drug-likeness (QED) is 0.805. The van der Waals surface area contributed by atoms with E-state index in [9.17, 15) is 4.79 Å². The molecule has 1 aliphatic heterocycles. The molecular weight excluding hydrogens is 228 g/mol. The summed E-state index contributed by atoms with van der Waals surface area (Å²) in [6.07, 6.45) is 2.42. The average molecular weight is 246 g/mol. The van der Waals surface area contributed by atoms with Crippen molar-refractivity contribution in [2.45, 2.75) is 44.8 Å². The van der Waals surface area contributed by atoms with Gasteiger partial charge >= 0.3 is 0 Å². The molecule has 1 aromatic carbocycles. The van der Waals surface area contributed by atoms with Gasteiger partial charge in [-0.2, -0.15) is 0 Å². The van der Waals surface area contributed by atoms with Crippen molar-refractivity contribution in [1.82, 2.24) is 0 Å². The van der Waals surface area contributed by atoms with Crippen LogP contribution in [-0.4, -0.2) is 24.1 Å². The molecule has 96 valence electrons. The largest absolute Gasteiger partial charge is 0.486 e. The van der Waals surface area contributed by atoms with Crippen LogP contribution >= 0.6 is 0 Å². The molecule has 2 aliphatic rings. The van der Waals surface area contributed by atoms with Gasteiger partial charge < -0.3 is 9.47 Å². The molecule has 0 saturated heterocycles. The number of aryl methyl sites for hydroxylation is 1. The van der Waals surface area contributed by atoms with Gasteiger partial charge in [0.2, 0.25) is 0 Å². The lowest BCUT2D eigenvalue weighted by atomic mass is 9.72. The topological polar surface area (TPSA) is 35.5 Å². The number of fused-ring (bicyclic) bond motifs is 1. The number of benzene rings is 1. The van der Waals surface area contributed by atoms with Gasteiger partial charge in [0.25, 0.3) is 0 Å². The van der Waals surface area contributed by atoms with Crippen molar-refractivity contribution in [3.63, 3.8) is 0 Å². The Morgan fingerprint density at radius 1 is 1.44 bits per heavy atom. The Morgan fingerprint density at radius 3 is 2.94 bits per heavy atom. The number of hydrogen-bond donors (Lipinski definition) is 0. The number of hydrogen-bond acceptors (Lipinski definition) is 3. The van der Waals surface area contributed by atoms with Crippen LogP contribution in [0.5, 0.6) is 5.75 Å². The first kappa shape index (κ1) is 11.7. The van der Waals surface area contributed by atoms with E-state index in [4.69, 9.17) is 9.47 Å². The second-order valence-corrected chi connectivity index (χ2v) is 5.37. The zero-order valence-electron chi connectivity index (χ0n) is 10.9. The molecule has 1 spiro atoms. The second-order valence-electron chi connectivity index (χ2n) is 5.37. The van der Waals surface area contributed by atoms with Gasteiger partial charge in [0, 0.05) is 19.4 Å². The van der Waals surface area contributed by atoms with Crippen LogP contribution < -0.4 is 4.74 Å². The van der Waals surface area contributed by atoms with Gasteiger partial charge in [-0.3, -0.25) is 4.79 Å². The Hall–Kier alpha value is -1.35. The van der Waals surface area contributed by atoms with Crippen LogP contribution in [0.4, 0.5) is 0 Å². The van der Waals surface area contributed by atoms with Crippen molar-refractivity contribution < 1.29 is 14.3 Å². The van der Waals surface area contributed by atoms with E-state index in [2.05, 4.69) is 0 Å². The highest BCUT2D eigenvalue weighted by atomic mass is 16.5. The Kier molecular flexibility index (Phi) is 2.67. The minimum atomic E-state index is -0.292. The highest BCUT2D eigenvalue weighted by Crippen LogP contribution is 2.46. The first-order valence-electron chi connectivity index (χ1n) is 6.56. The van der Waals surface area contributed by atoms with Crippen molar-refractivity contribution >= 4 is 5.78 Å². The second kappa shape index (κ2) is 4.09. The standard InChI is InChI=1S/C15H18O3/c1-3-17-11-7-15(8-11)9-13(16)12-6-10(2)4-5-14(12)18-15/h4-6,11H,3,7-9H2,1-2H3. The molecule has 1 fully saturated rings. The molecule has 1 saturated carbocycles. The van der Waals surface area contributed by atoms with Gasteiger partial charge in [0.15, 0.2) is 5.78 Å². The smallest absolute Gasteiger partial charge is 0.170 e. The molecule has 0 aromatic heterocycles. The summed E-state index contributed by atoms with van der Waals surface area (Å²) < 4.78 is 11.6. The molecule has 1 aliphatic carbocycles. The maximum Gasteiger partial charge on any atom is 0.170 e. The van der Waals surface area contributed by atoms with Crippen LogP contribution in [0.2, 0.25) is 0 Å². The number of carbonyl (C=O) groups is 1. The number of ketones is 1. The summed E-state index contributed by atoms with van der Waals surface area (Å²) in [6, 6.07) is 5.82. The third kappa shape index (κ3) is 1.83. The number of ether oxygens (including phenoxy) is 2. The van der Waals surface area contributed by atoms with Crippen LogP contribution in [0.1, 0.15) is 42.1 Å². The van der Waals surface area contributed by atoms with E-state index in [0.717, 1.165) is 36.3 Å². The molecular formula is C15H18O3. The normalized spacial score (nSPS) is 29.7. The highest BCUT2D eigenvalue weighted by molar-refractivity contribution is 6.00. The molecule has 0 bridgehead atoms. The van der Waals surface area contributed by atoms with Crippen molar-refractivity contribution in [1.29, 1.82) is 0 Å². The zero-order chi connectivity index (χ0) is 12.8. The summed E-state index contributed by atoms with van der Waals surface area (Å²) in [6.45, 7) is 4.72. The van der Waals surface area contributed by atoms with Crippen molar-refractivity contribution in [3.05, 3.63) is 29.3 Å². The molecule has 3 rings (SSSR count). The summed E-state index contributed by atoms with van der Waals surface area (Å²) in [7, 11) is 0. The molecule has 0 unspecified atom stereocenters. The Morgan fingerprint density at radius 2 is 2.22 bits per heavy atom. The van der Waals surface area contributed by atoms with E-state index in [-0.39, 0.29) is 17.5 Å². The Labute approximate surface area is 107 Å². The minimum absolute atomic E-state index is 0.204.